The summed E-state index contributed by atoms with van der Waals surface area (Å²) in [6.07, 6.45) is 3.44. The summed E-state index contributed by atoms with van der Waals surface area (Å²) in [5, 5.41) is 13.6. The van der Waals surface area contributed by atoms with Crippen molar-refractivity contribution in [3.8, 4) is 5.75 Å². The Kier molecular flexibility index (Phi) is 5.23. The van der Waals surface area contributed by atoms with Gasteiger partial charge in [0.15, 0.2) is 0 Å². The van der Waals surface area contributed by atoms with E-state index in [2.05, 4.69) is 35.4 Å². The first-order valence-electron chi connectivity index (χ1n) is 9.17. The van der Waals surface area contributed by atoms with E-state index < -0.39 is 11.7 Å². The van der Waals surface area contributed by atoms with Crippen molar-refractivity contribution >= 4 is 23.4 Å². The number of anilines is 1. The summed E-state index contributed by atoms with van der Waals surface area (Å²) in [7, 11) is 0. The number of nitrogens with zero attached hydrogens (tertiary/aromatic N) is 2. The molecular weight excluding hydrogens is 357 g/mol. The van der Waals surface area contributed by atoms with E-state index in [1.54, 1.807) is 18.2 Å². The fraction of sp³-hybridized carbons (Fsp3) is 0.273. The number of aromatic hydroxyl groups is 1. The molecule has 0 aromatic heterocycles. The van der Waals surface area contributed by atoms with Crippen molar-refractivity contribution in [2.45, 2.75) is 33.2 Å². The molecule has 146 valence electrons. The lowest BCUT2D eigenvalue weighted by Gasteiger charge is -2.42. The number of phenolic OH excluding ortho intramolecular Hbond substituents is 1. The number of rotatable bonds is 4. The average molecular weight is 381 g/mol. The highest BCUT2D eigenvalue weighted by molar-refractivity contribution is 5.97. The number of hydrazone groups is 1. The predicted molar refractivity (Wildman–Crippen MR) is 110 cm³/mol. The Morgan fingerprint density at radius 2 is 2.04 bits per heavy atom. The standard InChI is InChI=1S/C22H24FN3O2/c1-5-26-19-11-18(23)15(10-17(19)14(2)12-22(26,3)4)13-24-25-21(28)16-8-6-7-9-20(16)27/h6-13,27H,5H2,1-4H3,(H,25,28)/b24-13+. The van der Waals surface area contributed by atoms with Gasteiger partial charge in [-0.3, -0.25) is 4.79 Å². The molecular formula is C22H24FN3O2. The predicted octanol–water partition coefficient (Wildman–Crippen LogP) is 4.32. The number of benzene rings is 2. The van der Waals surface area contributed by atoms with Crippen LogP contribution in [0.5, 0.6) is 5.75 Å². The van der Waals surface area contributed by atoms with E-state index in [9.17, 15) is 14.3 Å². The van der Waals surface area contributed by atoms with Gasteiger partial charge in [-0.15, -0.1) is 0 Å². The van der Waals surface area contributed by atoms with Crippen LogP contribution in [0, 0.1) is 5.82 Å². The van der Waals surface area contributed by atoms with Crippen molar-refractivity contribution in [1.82, 2.24) is 5.43 Å². The maximum absolute atomic E-state index is 14.7. The maximum atomic E-state index is 14.7. The van der Waals surface area contributed by atoms with Crippen molar-refractivity contribution in [2.24, 2.45) is 5.10 Å². The second-order valence-corrected chi connectivity index (χ2v) is 7.33. The van der Waals surface area contributed by atoms with Gasteiger partial charge in [0, 0.05) is 23.4 Å². The normalized spacial score (nSPS) is 15.3. The Bertz CT molecular complexity index is 980. The molecule has 1 aliphatic heterocycles. The third kappa shape index (κ3) is 3.63. The molecule has 0 unspecified atom stereocenters. The zero-order valence-electron chi connectivity index (χ0n) is 16.5. The molecule has 0 fully saturated rings. The van der Waals surface area contributed by atoms with Crippen LogP contribution >= 0.6 is 0 Å². The Labute approximate surface area is 164 Å². The Hall–Kier alpha value is -3.15. The minimum absolute atomic E-state index is 0.102. The molecule has 1 aliphatic rings. The summed E-state index contributed by atoms with van der Waals surface area (Å²) >= 11 is 0. The number of allylic oxidation sites excluding steroid dienone is 1. The average Bonchev–Trinajstić information content (AvgIpc) is 2.62. The minimum Gasteiger partial charge on any atom is -0.507 e. The topological polar surface area (TPSA) is 64.9 Å². The van der Waals surface area contributed by atoms with Crippen molar-refractivity contribution < 1.29 is 14.3 Å². The quantitative estimate of drug-likeness (QED) is 0.612. The highest BCUT2D eigenvalue weighted by atomic mass is 19.1. The molecule has 0 atom stereocenters. The van der Waals surface area contributed by atoms with E-state index in [-0.39, 0.29) is 22.4 Å². The molecule has 2 aromatic carbocycles. The van der Waals surface area contributed by atoms with Crippen LogP contribution < -0.4 is 10.3 Å². The number of amides is 1. The molecule has 0 aliphatic carbocycles. The van der Waals surface area contributed by atoms with Crippen LogP contribution in [0.15, 0.2) is 47.6 Å². The number of likely N-dealkylation sites (N-methyl/N-ethyl adjacent to an activating group) is 1. The summed E-state index contributed by atoms with van der Waals surface area (Å²) in [6, 6.07) is 9.41. The molecule has 6 heteroatoms. The largest absolute Gasteiger partial charge is 0.507 e. The third-order valence-corrected chi connectivity index (χ3v) is 4.93. The van der Waals surface area contributed by atoms with E-state index in [1.165, 1.54) is 24.4 Å². The molecule has 0 saturated carbocycles. The van der Waals surface area contributed by atoms with Crippen molar-refractivity contribution in [3.05, 3.63) is 65.0 Å². The number of nitrogens with one attached hydrogen (secondary N) is 1. The molecule has 28 heavy (non-hydrogen) atoms. The van der Waals surface area contributed by atoms with Gasteiger partial charge in [0.05, 0.1) is 17.3 Å². The highest BCUT2D eigenvalue weighted by Gasteiger charge is 2.30. The van der Waals surface area contributed by atoms with E-state index in [4.69, 9.17) is 0 Å². The van der Waals surface area contributed by atoms with Crippen LogP contribution in [-0.2, 0) is 0 Å². The van der Waals surface area contributed by atoms with Crippen LogP contribution in [0.4, 0.5) is 10.1 Å². The van der Waals surface area contributed by atoms with Crippen molar-refractivity contribution in [3.63, 3.8) is 0 Å². The number of carbonyl (C=O) groups is 1. The third-order valence-electron chi connectivity index (χ3n) is 4.93. The summed E-state index contributed by atoms with van der Waals surface area (Å²) in [5.41, 5.74) is 5.36. The fourth-order valence-corrected chi connectivity index (χ4v) is 3.68. The van der Waals surface area contributed by atoms with E-state index in [0.717, 1.165) is 23.4 Å². The van der Waals surface area contributed by atoms with E-state index in [0.29, 0.717) is 0 Å². The molecule has 2 aromatic rings. The lowest BCUT2D eigenvalue weighted by Crippen LogP contribution is -2.45. The zero-order valence-corrected chi connectivity index (χ0v) is 16.5. The zero-order chi connectivity index (χ0) is 20.5. The smallest absolute Gasteiger partial charge is 0.275 e. The molecule has 0 bridgehead atoms. The summed E-state index contributed by atoms with van der Waals surface area (Å²) < 4.78 is 14.7. The van der Waals surface area contributed by atoms with Crippen LogP contribution in [0.25, 0.3) is 5.57 Å². The van der Waals surface area contributed by atoms with Crippen LogP contribution in [0.3, 0.4) is 0 Å². The van der Waals surface area contributed by atoms with Crippen molar-refractivity contribution in [2.75, 3.05) is 11.4 Å². The monoisotopic (exact) mass is 381 g/mol. The van der Waals surface area contributed by atoms with Gasteiger partial charge in [-0.25, -0.2) is 9.82 Å². The number of hydrogen-bond acceptors (Lipinski definition) is 4. The fourth-order valence-electron chi connectivity index (χ4n) is 3.68. The number of fused-ring (bicyclic) bond motifs is 1. The van der Waals surface area contributed by atoms with Gasteiger partial charge in [0.1, 0.15) is 11.6 Å². The maximum Gasteiger partial charge on any atom is 0.275 e. The first kappa shape index (κ1) is 19.6. The lowest BCUT2D eigenvalue weighted by molar-refractivity contribution is 0.0952. The van der Waals surface area contributed by atoms with Gasteiger partial charge in [0.25, 0.3) is 5.91 Å². The van der Waals surface area contributed by atoms with Gasteiger partial charge >= 0.3 is 0 Å². The number of phenols is 1. The molecule has 5 nitrogen and oxygen atoms in total. The van der Waals surface area contributed by atoms with Crippen LogP contribution in [0.2, 0.25) is 0 Å². The van der Waals surface area contributed by atoms with Gasteiger partial charge < -0.3 is 10.0 Å². The summed E-state index contributed by atoms with van der Waals surface area (Å²) in [5.74, 6) is -1.12. The molecule has 2 N–H and O–H groups in total. The Morgan fingerprint density at radius 3 is 2.71 bits per heavy atom. The first-order chi connectivity index (χ1) is 13.2. The Balaban J connectivity index is 1.87. The molecule has 1 heterocycles. The highest BCUT2D eigenvalue weighted by Crippen LogP contribution is 2.39. The molecule has 0 spiro atoms. The van der Waals surface area contributed by atoms with Crippen LogP contribution in [-0.4, -0.2) is 29.3 Å². The SMILES string of the molecule is CCN1c2cc(F)c(/C=N/NC(=O)c3ccccc3O)cc2C(C)=CC1(C)C. The summed E-state index contributed by atoms with van der Waals surface area (Å²) in [6.45, 7) is 9.01. The lowest BCUT2D eigenvalue weighted by atomic mass is 9.88. The van der Waals surface area contributed by atoms with E-state index >= 15 is 0 Å². The van der Waals surface area contributed by atoms with Gasteiger partial charge in [-0.2, -0.15) is 5.10 Å². The van der Waals surface area contributed by atoms with E-state index in [1.807, 2.05) is 13.8 Å². The minimum atomic E-state index is -0.567. The number of carbonyl (C=O) groups excluding carboxylic acids is 1. The number of para-hydroxylation sites is 1. The number of hydrogen-bond donors (Lipinski definition) is 2. The second kappa shape index (κ2) is 7.46. The van der Waals surface area contributed by atoms with Gasteiger partial charge in [-0.05, 0) is 57.5 Å². The van der Waals surface area contributed by atoms with Gasteiger partial charge in [-0.1, -0.05) is 18.2 Å². The van der Waals surface area contributed by atoms with Gasteiger partial charge in [0.2, 0.25) is 0 Å². The molecule has 0 radical (unpaired) electrons. The van der Waals surface area contributed by atoms with Crippen LogP contribution in [0.1, 0.15) is 49.2 Å². The summed E-state index contributed by atoms with van der Waals surface area (Å²) in [4.78, 5) is 14.2. The molecule has 0 saturated heterocycles. The first-order valence-corrected chi connectivity index (χ1v) is 9.17. The second-order valence-electron chi connectivity index (χ2n) is 7.33. The molecule has 1 amide bonds. The van der Waals surface area contributed by atoms with Crippen molar-refractivity contribution in [1.29, 1.82) is 0 Å². The number of halogens is 1. The Morgan fingerprint density at radius 1 is 1.32 bits per heavy atom. The molecule has 3 rings (SSSR count).